The largest absolute Gasteiger partial charge is 0.309 e. The molecule has 1 saturated heterocycles. The molecule has 0 spiro atoms. The first kappa shape index (κ1) is 8.63. The maximum Gasteiger partial charge on any atom is 0.0377 e. The predicted octanol–water partition coefficient (Wildman–Crippen LogP) is 1.97. The van der Waals surface area contributed by atoms with Crippen LogP contribution >= 0.6 is 23.2 Å². The number of piperidine rings is 1. The lowest BCUT2D eigenvalue weighted by Crippen LogP contribution is -2.44. The van der Waals surface area contributed by atoms with Gasteiger partial charge in [-0.3, -0.25) is 0 Å². The maximum atomic E-state index is 5.70. The molecule has 3 heteroatoms. The molecule has 0 aliphatic carbocycles. The Balaban J connectivity index is 2.25. The van der Waals surface area contributed by atoms with Crippen molar-refractivity contribution in [1.82, 2.24) is 5.32 Å². The van der Waals surface area contributed by atoms with Crippen molar-refractivity contribution in [3.63, 3.8) is 0 Å². The lowest BCUT2D eigenvalue weighted by atomic mass is 10.0. The first-order valence-corrected chi connectivity index (χ1v) is 4.81. The molecule has 0 bridgehead atoms. The minimum absolute atomic E-state index is 0.499. The second kappa shape index (κ2) is 4.42. The summed E-state index contributed by atoms with van der Waals surface area (Å²) in [4.78, 5) is 0. The smallest absolute Gasteiger partial charge is 0.0377 e. The van der Waals surface area contributed by atoms with Gasteiger partial charge in [0.1, 0.15) is 0 Å². The van der Waals surface area contributed by atoms with Crippen molar-refractivity contribution in [2.75, 3.05) is 11.8 Å². The van der Waals surface area contributed by atoms with Crippen LogP contribution in [0.2, 0.25) is 0 Å². The Kier molecular flexibility index (Phi) is 3.82. The molecule has 2 atom stereocenters. The van der Waals surface area contributed by atoms with E-state index < -0.39 is 0 Å². The van der Waals surface area contributed by atoms with Gasteiger partial charge < -0.3 is 5.32 Å². The van der Waals surface area contributed by atoms with Crippen LogP contribution in [0.4, 0.5) is 0 Å². The molecule has 1 fully saturated rings. The second-order valence-corrected chi connectivity index (χ2v) is 3.42. The third-order valence-corrected chi connectivity index (χ3v) is 2.69. The topological polar surface area (TPSA) is 12.0 Å². The molecule has 1 nitrogen and oxygen atoms in total. The first-order valence-electron chi connectivity index (χ1n) is 3.74. The SMILES string of the molecule is ClCC1CCCC(CCl)N1. The van der Waals surface area contributed by atoms with Crippen molar-refractivity contribution >= 4 is 23.2 Å². The van der Waals surface area contributed by atoms with Gasteiger partial charge in [0.15, 0.2) is 0 Å². The molecule has 2 unspecified atom stereocenters. The van der Waals surface area contributed by atoms with E-state index in [2.05, 4.69) is 5.32 Å². The van der Waals surface area contributed by atoms with E-state index in [0.29, 0.717) is 23.8 Å². The predicted molar refractivity (Wildman–Crippen MR) is 46.0 cm³/mol. The summed E-state index contributed by atoms with van der Waals surface area (Å²) in [6.07, 6.45) is 3.68. The van der Waals surface area contributed by atoms with Gasteiger partial charge in [0.25, 0.3) is 0 Å². The summed E-state index contributed by atoms with van der Waals surface area (Å²) >= 11 is 11.4. The van der Waals surface area contributed by atoms with E-state index in [1.807, 2.05) is 0 Å². The van der Waals surface area contributed by atoms with Gasteiger partial charge in [0.05, 0.1) is 0 Å². The summed E-state index contributed by atoms with van der Waals surface area (Å²) in [6.45, 7) is 0. The fourth-order valence-electron chi connectivity index (χ4n) is 1.35. The van der Waals surface area contributed by atoms with Gasteiger partial charge >= 0.3 is 0 Å². The van der Waals surface area contributed by atoms with Gasteiger partial charge in [-0.15, -0.1) is 23.2 Å². The van der Waals surface area contributed by atoms with Crippen LogP contribution in [0, 0.1) is 0 Å². The standard InChI is InChI=1S/C7H13Cl2N/c8-4-6-2-1-3-7(5-9)10-6/h6-7,10H,1-5H2. The Morgan fingerprint density at radius 3 is 2.00 bits per heavy atom. The summed E-state index contributed by atoms with van der Waals surface area (Å²) in [7, 11) is 0. The van der Waals surface area contributed by atoms with Crippen LogP contribution in [0.1, 0.15) is 19.3 Å². The van der Waals surface area contributed by atoms with Crippen molar-refractivity contribution in [3.8, 4) is 0 Å². The maximum absolute atomic E-state index is 5.70. The van der Waals surface area contributed by atoms with Crippen LogP contribution in [0.3, 0.4) is 0 Å². The molecule has 1 aliphatic heterocycles. The Labute approximate surface area is 72.1 Å². The third kappa shape index (κ3) is 2.30. The molecule has 1 aliphatic rings. The van der Waals surface area contributed by atoms with E-state index in [9.17, 15) is 0 Å². The monoisotopic (exact) mass is 181 g/mol. The summed E-state index contributed by atoms with van der Waals surface area (Å²) in [6, 6.07) is 0.998. The molecule has 60 valence electrons. The lowest BCUT2D eigenvalue weighted by molar-refractivity contribution is 0.357. The molecule has 0 aromatic carbocycles. The molecule has 0 radical (unpaired) electrons. The Hall–Kier alpha value is 0.540. The summed E-state index contributed by atoms with van der Waals surface area (Å²) in [5.74, 6) is 1.43. The summed E-state index contributed by atoms with van der Waals surface area (Å²) in [5.41, 5.74) is 0. The van der Waals surface area contributed by atoms with Crippen LogP contribution in [0.15, 0.2) is 0 Å². The number of nitrogens with one attached hydrogen (secondary N) is 1. The fraction of sp³-hybridized carbons (Fsp3) is 1.00. The van der Waals surface area contributed by atoms with E-state index in [4.69, 9.17) is 23.2 Å². The molecular weight excluding hydrogens is 169 g/mol. The van der Waals surface area contributed by atoms with Gasteiger partial charge in [0.2, 0.25) is 0 Å². The number of rotatable bonds is 2. The third-order valence-electron chi connectivity index (χ3n) is 1.95. The fourth-order valence-corrected chi connectivity index (χ4v) is 1.84. The van der Waals surface area contributed by atoms with Gasteiger partial charge in [-0.2, -0.15) is 0 Å². The van der Waals surface area contributed by atoms with Crippen molar-refractivity contribution in [2.45, 2.75) is 31.3 Å². The van der Waals surface area contributed by atoms with E-state index in [0.717, 1.165) is 0 Å². The summed E-state index contributed by atoms with van der Waals surface area (Å²) in [5, 5.41) is 3.39. The molecule has 1 heterocycles. The van der Waals surface area contributed by atoms with Crippen LogP contribution in [-0.2, 0) is 0 Å². The highest BCUT2D eigenvalue weighted by molar-refractivity contribution is 6.18. The highest BCUT2D eigenvalue weighted by Gasteiger charge is 2.18. The minimum Gasteiger partial charge on any atom is -0.309 e. The molecule has 0 saturated carbocycles. The average Bonchev–Trinajstić information content (AvgIpc) is 2.05. The average molecular weight is 182 g/mol. The van der Waals surface area contributed by atoms with E-state index in [1.54, 1.807) is 0 Å². The zero-order valence-electron chi connectivity index (χ0n) is 5.95. The molecular formula is C7H13Cl2N. The van der Waals surface area contributed by atoms with Crippen LogP contribution < -0.4 is 5.32 Å². The minimum atomic E-state index is 0.499. The highest BCUT2D eigenvalue weighted by Crippen LogP contribution is 2.14. The van der Waals surface area contributed by atoms with E-state index in [1.165, 1.54) is 19.3 Å². The van der Waals surface area contributed by atoms with E-state index >= 15 is 0 Å². The van der Waals surface area contributed by atoms with Gasteiger partial charge in [-0.1, -0.05) is 6.42 Å². The van der Waals surface area contributed by atoms with Crippen LogP contribution in [-0.4, -0.2) is 23.8 Å². The molecule has 1 N–H and O–H groups in total. The van der Waals surface area contributed by atoms with Crippen molar-refractivity contribution in [2.24, 2.45) is 0 Å². The number of hydrogen-bond donors (Lipinski definition) is 1. The highest BCUT2D eigenvalue weighted by atomic mass is 35.5. The van der Waals surface area contributed by atoms with Gasteiger partial charge in [-0.05, 0) is 12.8 Å². The quantitative estimate of drug-likeness (QED) is 0.644. The second-order valence-electron chi connectivity index (χ2n) is 2.80. The zero-order valence-corrected chi connectivity index (χ0v) is 7.46. The normalized spacial score (nSPS) is 34.2. The molecule has 0 aromatic rings. The Bertz CT molecular complexity index is 87.6. The van der Waals surface area contributed by atoms with Gasteiger partial charge in [-0.25, -0.2) is 0 Å². The van der Waals surface area contributed by atoms with E-state index in [-0.39, 0.29) is 0 Å². The Morgan fingerprint density at radius 1 is 1.10 bits per heavy atom. The van der Waals surface area contributed by atoms with Crippen molar-refractivity contribution in [1.29, 1.82) is 0 Å². The lowest BCUT2D eigenvalue weighted by Gasteiger charge is -2.28. The number of hydrogen-bond acceptors (Lipinski definition) is 1. The molecule has 1 rings (SSSR count). The molecule has 0 aromatic heterocycles. The first-order chi connectivity index (χ1) is 4.86. The number of halogens is 2. The molecule has 0 amide bonds. The van der Waals surface area contributed by atoms with Crippen molar-refractivity contribution in [3.05, 3.63) is 0 Å². The van der Waals surface area contributed by atoms with Gasteiger partial charge in [0, 0.05) is 23.8 Å². The summed E-state index contributed by atoms with van der Waals surface area (Å²) < 4.78 is 0. The van der Waals surface area contributed by atoms with Crippen LogP contribution in [0.25, 0.3) is 0 Å². The Morgan fingerprint density at radius 2 is 1.60 bits per heavy atom. The van der Waals surface area contributed by atoms with Crippen molar-refractivity contribution < 1.29 is 0 Å². The van der Waals surface area contributed by atoms with Crippen LogP contribution in [0.5, 0.6) is 0 Å². The molecule has 10 heavy (non-hydrogen) atoms. The number of alkyl halides is 2. The zero-order chi connectivity index (χ0) is 7.40.